The summed E-state index contributed by atoms with van der Waals surface area (Å²) in [5, 5.41) is 25.9. The van der Waals surface area contributed by atoms with Gasteiger partial charge in [0, 0.05) is 32.1 Å². The Morgan fingerprint density at radius 2 is 1.71 bits per heavy atom. The van der Waals surface area contributed by atoms with Crippen LogP contribution in [0.2, 0.25) is 0 Å². The van der Waals surface area contributed by atoms with Gasteiger partial charge >= 0.3 is 12.1 Å². The third-order valence-corrected chi connectivity index (χ3v) is 6.45. The second-order valence-electron chi connectivity index (χ2n) is 8.72. The molecule has 2 amide bonds. The number of carboxylic acids is 1. The smallest absolute Gasteiger partial charge is 0.412 e. The van der Waals surface area contributed by atoms with E-state index in [1.165, 1.54) is 10.9 Å². The first-order valence-electron chi connectivity index (χ1n) is 11.2. The molecule has 0 saturated carbocycles. The molecule has 1 aliphatic carbocycles. The maximum absolute atomic E-state index is 13.1. The van der Waals surface area contributed by atoms with Crippen molar-refractivity contribution in [3.63, 3.8) is 0 Å². The lowest BCUT2D eigenvalue weighted by atomic mass is 9.98. The molecule has 2 atom stereocenters. The van der Waals surface area contributed by atoms with Crippen LogP contribution in [0.5, 0.6) is 0 Å². The van der Waals surface area contributed by atoms with Gasteiger partial charge in [0.2, 0.25) is 0 Å². The highest BCUT2D eigenvalue weighted by atomic mass is 16.5. The van der Waals surface area contributed by atoms with Gasteiger partial charge in [0.25, 0.3) is 5.91 Å². The number of aliphatic carboxylic acids is 1. The number of aryl methyl sites for hydroxylation is 1. The molecule has 0 spiro atoms. The molecule has 3 aromatic rings. The molecule has 10 nitrogen and oxygen atoms in total. The van der Waals surface area contributed by atoms with Gasteiger partial charge in [-0.2, -0.15) is 5.10 Å². The number of aliphatic hydroxyl groups excluding tert-OH is 1. The number of fused-ring (bicyclic) bond motifs is 3. The Morgan fingerprint density at radius 3 is 2.34 bits per heavy atom. The molecule has 2 aliphatic rings. The van der Waals surface area contributed by atoms with E-state index in [4.69, 9.17) is 4.74 Å². The summed E-state index contributed by atoms with van der Waals surface area (Å²) in [4.78, 5) is 38.4. The zero-order valence-electron chi connectivity index (χ0n) is 18.9. The van der Waals surface area contributed by atoms with Crippen LogP contribution in [0.1, 0.15) is 33.8 Å². The normalized spacial score (nSPS) is 18.7. The monoisotopic (exact) mass is 476 g/mol. The molecule has 1 aliphatic heterocycles. The van der Waals surface area contributed by atoms with Crippen molar-refractivity contribution in [2.24, 2.45) is 7.05 Å². The molecule has 1 saturated heterocycles. The average molecular weight is 476 g/mol. The van der Waals surface area contributed by atoms with E-state index >= 15 is 0 Å². The molecule has 0 bridgehead atoms. The summed E-state index contributed by atoms with van der Waals surface area (Å²) in [7, 11) is 1.58. The number of likely N-dealkylation sites (tertiary alicyclic amines) is 1. The van der Waals surface area contributed by atoms with Crippen LogP contribution in [0, 0.1) is 0 Å². The molecule has 180 valence electrons. The number of rotatable bonds is 5. The Kier molecular flexibility index (Phi) is 5.73. The lowest BCUT2D eigenvalue weighted by molar-refractivity contribution is -0.141. The summed E-state index contributed by atoms with van der Waals surface area (Å²) in [5.41, 5.74) is 4.37. The molecule has 10 heteroatoms. The first kappa shape index (κ1) is 22.6. The minimum atomic E-state index is -1.20. The van der Waals surface area contributed by atoms with E-state index in [1.54, 1.807) is 7.05 Å². The Labute approximate surface area is 200 Å². The van der Waals surface area contributed by atoms with Gasteiger partial charge < -0.3 is 19.8 Å². The van der Waals surface area contributed by atoms with Crippen LogP contribution in [0.15, 0.2) is 54.7 Å². The van der Waals surface area contributed by atoms with Crippen molar-refractivity contribution in [2.75, 3.05) is 18.5 Å². The molecule has 1 fully saturated rings. The van der Waals surface area contributed by atoms with Crippen LogP contribution in [-0.4, -0.2) is 68.2 Å². The van der Waals surface area contributed by atoms with Gasteiger partial charge in [0.15, 0.2) is 5.82 Å². The van der Waals surface area contributed by atoms with E-state index in [9.17, 15) is 24.6 Å². The minimum Gasteiger partial charge on any atom is -0.480 e. The average Bonchev–Trinajstić information content (AvgIpc) is 3.50. The summed E-state index contributed by atoms with van der Waals surface area (Å²) in [6.07, 6.45) is -0.382. The molecular formula is C25H24N4O6. The van der Waals surface area contributed by atoms with E-state index in [2.05, 4.69) is 10.4 Å². The standard InChI is InChI=1S/C25H24N4O6/c1-28-12-19(23(31)29-11-14(30)10-21(29)24(32)33)22(27-28)26-25(34)35-13-20-17-8-4-2-6-15(17)16-7-3-5-9-18(16)20/h2-9,12,14,20-21,30H,10-11,13H2,1H3,(H,32,33)(H,26,27,34)/t14-,21-/m1/s1. The predicted octanol–water partition coefficient (Wildman–Crippen LogP) is 2.44. The molecular weight excluding hydrogens is 452 g/mol. The van der Waals surface area contributed by atoms with Crippen molar-refractivity contribution in [2.45, 2.75) is 24.5 Å². The summed E-state index contributed by atoms with van der Waals surface area (Å²) in [6.45, 7) is -0.0234. The Hall–Kier alpha value is -4.18. The van der Waals surface area contributed by atoms with Gasteiger partial charge in [0.1, 0.15) is 18.2 Å². The van der Waals surface area contributed by atoms with Crippen molar-refractivity contribution in [1.29, 1.82) is 0 Å². The molecule has 35 heavy (non-hydrogen) atoms. The van der Waals surface area contributed by atoms with Crippen LogP contribution < -0.4 is 5.32 Å². The van der Waals surface area contributed by atoms with E-state index < -0.39 is 30.1 Å². The SMILES string of the molecule is Cn1cc(C(=O)N2C[C@H](O)C[C@@H]2C(=O)O)c(NC(=O)OCC2c3ccccc3-c3ccccc32)n1. The summed E-state index contributed by atoms with van der Waals surface area (Å²) >= 11 is 0. The van der Waals surface area contributed by atoms with Crippen LogP contribution in [0.25, 0.3) is 11.1 Å². The van der Waals surface area contributed by atoms with Crippen molar-refractivity contribution in [3.8, 4) is 11.1 Å². The van der Waals surface area contributed by atoms with Crippen LogP contribution >= 0.6 is 0 Å². The third-order valence-electron chi connectivity index (χ3n) is 6.45. The quantitative estimate of drug-likeness (QED) is 0.515. The van der Waals surface area contributed by atoms with Crippen LogP contribution in [0.3, 0.4) is 0 Å². The van der Waals surface area contributed by atoms with Crippen molar-refractivity contribution in [1.82, 2.24) is 14.7 Å². The van der Waals surface area contributed by atoms with Crippen molar-refractivity contribution < 1.29 is 29.3 Å². The number of carbonyl (C=O) groups is 3. The molecule has 0 radical (unpaired) electrons. The largest absolute Gasteiger partial charge is 0.480 e. The third kappa shape index (κ3) is 4.12. The van der Waals surface area contributed by atoms with Crippen LogP contribution in [-0.2, 0) is 16.6 Å². The highest BCUT2D eigenvalue weighted by Gasteiger charge is 2.40. The number of aromatic nitrogens is 2. The number of carbonyl (C=O) groups excluding carboxylic acids is 2. The number of anilines is 1. The fourth-order valence-corrected chi connectivity index (χ4v) is 4.90. The minimum absolute atomic E-state index is 0.0151. The van der Waals surface area contributed by atoms with Gasteiger partial charge in [-0.3, -0.25) is 14.8 Å². The highest BCUT2D eigenvalue weighted by molar-refractivity contribution is 6.03. The first-order valence-corrected chi connectivity index (χ1v) is 11.2. The van der Waals surface area contributed by atoms with E-state index in [1.807, 2.05) is 48.5 Å². The molecule has 3 N–H and O–H groups in total. The molecule has 2 aromatic carbocycles. The maximum Gasteiger partial charge on any atom is 0.412 e. The maximum atomic E-state index is 13.1. The number of β-amino-alcohol motifs (C(OH)–C–C–N with tert-alkyl or cyclic N) is 1. The van der Waals surface area contributed by atoms with E-state index in [-0.39, 0.29) is 36.9 Å². The zero-order valence-corrected chi connectivity index (χ0v) is 18.9. The van der Waals surface area contributed by atoms with E-state index in [0.29, 0.717) is 0 Å². The zero-order chi connectivity index (χ0) is 24.7. The lowest BCUT2D eigenvalue weighted by Crippen LogP contribution is -2.40. The van der Waals surface area contributed by atoms with Gasteiger partial charge in [-0.25, -0.2) is 9.59 Å². The van der Waals surface area contributed by atoms with Gasteiger partial charge in [-0.15, -0.1) is 0 Å². The number of hydrogen-bond donors (Lipinski definition) is 3. The van der Waals surface area contributed by atoms with Crippen LogP contribution in [0.4, 0.5) is 10.6 Å². The highest BCUT2D eigenvalue weighted by Crippen LogP contribution is 2.44. The Morgan fingerprint density at radius 1 is 1.09 bits per heavy atom. The predicted molar refractivity (Wildman–Crippen MR) is 125 cm³/mol. The first-order chi connectivity index (χ1) is 16.8. The Balaban J connectivity index is 1.31. The second kappa shape index (κ2) is 8.88. The molecule has 5 rings (SSSR count). The second-order valence-corrected chi connectivity index (χ2v) is 8.72. The lowest BCUT2D eigenvalue weighted by Gasteiger charge is -2.21. The fourth-order valence-electron chi connectivity index (χ4n) is 4.90. The number of aliphatic hydroxyl groups is 1. The Bertz CT molecular complexity index is 1270. The summed E-state index contributed by atoms with van der Waals surface area (Å²) < 4.78 is 6.87. The number of carboxylic acid groups (broad SMARTS) is 1. The summed E-state index contributed by atoms with van der Waals surface area (Å²) in [6, 6.07) is 14.8. The number of benzene rings is 2. The van der Waals surface area contributed by atoms with Gasteiger partial charge in [-0.1, -0.05) is 48.5 Å². The number of ether oxygens (including phenoxy) is 1. The van der Waals surface area contributed by atoms with Crippen molar-refractivity contribution >= 4 is 23.8 Å². The van der Waals surface area contributed by atoms with Gasteiger partial charge in [0.05, 0.1) is 6.10 Å². The van der Waals surface area contributed by atoms with E-state index in [0.717, 1.165) is 27.2 Å². The number of hydrogen-bond acceptors (Lipinski definition) is 6. The summed E-state index contributed by atoms with van der Waals surface area (Å²) in [5.74, 6) is -2.01. The molecule has 0 unspecified atom stereocenters. The topological polar surface area (TPSA) is 134 Å². The molecule has 1 aromatic heterocycles. The number of nitrogens with zero attached hydrogens (tertiary/aromatic N) is 3. The van der Waals surface area contributed by atoms with Crippen molar-refractivity contribution in [3.05, 3.63) is 71.4 Å². The number of nitrogens with one attached hydrogen (secondary N) is 1. The van der Waals surface area contributed by atoms with Gasteiger partial charge in [-0.05, 0) is 22.3 Å². The number of amides is 2. The molecule has 2 heterocycles. The fraction of sp³-hybridized carbons (Fsp3) is 0.280.